The molecular weight excluding hydrogens is 162 g/mol. The van der Waals surface area contributed by atoms with E-state index in [4.69, 9.17) is 17.5 Å². The fraction of sp³-hybridized carbons (Fsp3) is 0. The third-order valence-electron chi connectivity index (χ3n) is 0. The van der Waals surface area contributed by atoms with Crippen molar-refractivity contribution in [3.63, 3.8) is 0 Å². The van der Waals surface area contributed by atoms with E-state index >= 15 is 0 Å². The van der Waals surface area contributed by atoms with Crippen LogP contribution in [0.1, 0.15) is 0 Å². The maximum atomic E-state index is 8.52. The van der Waals surface area contributed by atoms with Crippen LogP contribution in [-0.4, -0.2) is 34.9 Å². The summed E-state index contributed by atoms with van der Waals surface area (Å²) in [6.45, 7) is 0. The zero-order chi connectivity index (χ0) is 4.50. The molecule has 0 saturated carbocycles. The van der Waals surface area contributed by atoms with Gasteiger partial charge in [-0.05, 0) is 0 Å². The Morgan fingerprint density at radius 3 is 1.14 bits per heavy atom. The number of hydrogen-bond acceptors (Lipinski definition) is 4. The van der Waals surface area contributed by atoms with Crippen LogP contribution in [-0.2, 0) is 10.4 Å². The van der Waals surface area contributed by atoms with Crippen molar-refractivity contribution in [2.45, 2.75) is 0 Å². The number of rotatable bonds is 0. The maximum Gasteiger partial charge on any atom is 3.00 e. The molecule has 7 heavy (non-hydrogen) atoms. The van der Waals surface area contributed by atoms with Gasteiger partial charge in [-0.25, -0.2) is 0 Å². The molecule has 0 aromatic heterocycles. The first-order chi connectivity index (χ1) is 2.00. The molecule has 32 valence electrons. The monoisotopic (exact) mass is 162 g/mol. The Bertz CT molecular complexity index is 94.9. The first kappa shape index (κ1) is 16.0. The molecule has 0 bridgehead atoms. The second kappa shape index (κ2) is 6.16. The molecule has 0 radical (unpaired) electrons. The van der Waals surface area contributed by atoms with Gasteiger partial charge in [-0.3, -0.25) is 8.42 Å². The van der Waals surface area contributed by atoms with Crippen molar-refractivity contribution in [3.8, 4) is 0 Å². The standard InChI is InChI=1S/Al.K.H2O4S/c;;1-5(2,3)4/h;;(H2,1,2,3,4)/q+3;+1;/p-2. The summed E-state index contributed by atoms with van der Waals surface area (Å²) in [5, 5.41) is 0. The van der Waals surface area contributed by atoms with Crippen molar-refractivity contribution in [1.82, 2.24) is 0 Å². The fourth-order valence-corrected chi connectivity index (χ4v) is 0. The van der Waals surface area contributed by atoms with Gasteiger partial charge >= 0.3 is 68.7 Å². The second-order valence-corrected chi connectivity index (χ2v) is 1.22. The van der Waals surface area contributed by atoms with Gasteiger partial charge in [0.15, 0.2) is 0 Å². The van der Waals surface area contributed by atoms with Gasteiger partial charge in [0.2, 0.25) is 0 Å². The Balaban J connectivity index is -0.0000000800. The van der Waals surface area contributed by atoms with Gasteiger partial charge in [0.05, 0.1) is 0 Å². The van der Waals surface area contributed by atoms with Crippen molar-refractivity contribution in [2.24, 2.45) is 0 Å². The second-order valence-electron chi connectivity index (χ2n) is 0.408. The average Bonchev–Trinajstić information content (AvgIpc) is 0.722. The Labute approximate surface area is 94.8 Å². The summed E-state index contributed by atoms with van der Waals surface area (Å²) in [7, 11) is -5.17. The first-order valence-corrected chi connectivity index (χ1v) is 2.00. The summed E-state index contributed by atoms with van der Waals surface area (Å²) in [6, 6.07) is 0. The van der Waals surface area contributed by atoms with E-state index in [1.807, 2.05) is 0 Å². The predicted molar refractivity (Wildman–Crippen MR) is 16.2 cm³/mol. The summed E-state index contributed by atoms with van der Waals surface area (Å²) < 4.78 is 34.1. The van der Waals surface area contributed by atoms with Crippen molar-refractivity contribution in [3.05, 3.63) is 0 Å². The molecule has 0 spiro atoms. The molecule has 0 N–H and O–H groups in total. The summed E-state index contributed by atoms with van der Waals surface area (Å²) in [4.78, 5) is 0. The molecule has 0 heterocycles. The third kappa shape index (κ3) is 70.5. The Morgan fingerprint density at radius 1 is 1.14 bits per heavy atom. The van der Waals surface area contributed by atoms with Crippen LogP contribution in [0.4, 0.5) is 0 Å². The van der Waals surface area contributed by atoms with E-state index < -0.39 is 10.4 Å². The van der Waals surface area contributed by atoms with E-state index in [0.29, 0.717) is 0 Å². The van der Waals surface area contributed by atoms with E-state index in [1.54, 1.807) is 0 Å². The first-order valence-electron chi connectivity index (χ1n) is 0.667. The quantitative estimate of drug-likeness (QED) is 0.203. The zero-order valence-electron chi connectivity index (χ0n) is 3.62. The van der Waals surface area contributed by atoms with Gasteiger partial charge in [-0.2, -0.15) is 0 Å². The van der Waals surface area contributed by atoms with Crippen molar-refractivity contribution >= 4 is 27.8 Å². The summed E-state index contributed by atoms with van der Waals surface area (Å²) in [5.74, 6) is 0. The minimum atomic E-state index is -5.17. The van der Waals surface area contributed by atoms with E-state index in [1.165, 1.54) is 0 Å². The smallest absolute Gasteiger partial charge is 0.759 e. The molecule has 0 fully saturated rings. The van der Waals surface area contributed by atoms with E-state index in [9.17, 15) is 0 Å². The normalized spacial score (nSPS) is 8.29. The summed E-state index contributed by atoms with van der Waals surface area (Å²) in [5.41, 5.74) is 0. The average molecular weight is 162 g/mol. The van der Waals surface area contributed by atoms with Crippen LogP contribution in [0.25, 0.3) is 0 Å². The van der Waals surface area contributed by atoms with Gasteiger partial charge < -0.3 is 9.11 Å². The van der Waals surface area contributed by atoms with Crippen LogP contribution in [0.2, 0.25) is 0 Å². The zero-order valence-corrected chi connectivity index (χ0v) is 8.71. The molecule has 0 aliphatic heterocycles. The Hall–Kier alpha value is 2.04. The SMILES string of the molecule is O=S(=O)([O-])[O-].[Al+3].[K+]. The molecular formula is AlKO4S+2. The fourth-order valence-electron chi connectivity index (χ4n) is 0. The van der Waals surface area contributed by atoms with Crippen LogP contribution in [0.5, 0.6) is 0 Å². The molecule has 0 amide bonds. The molecule has 0 aliphatic carbocycles. The molecule has 0 saturated heterocycles. The van der Waals surface area contributed by atoms with Crippen LogP contribution >= 0.6 is 0 Å². The molecule has 4 nitrogen and oxygen atoms in total. The van der Waals surface area contributed by atoms with E-state index in [0.717, 1.165) is 0 Å². The Kier molecular flexibility index (Phi) is 14.1. The van der Waals surface area contributed by atoms with Gasteiger partial charge in [-0.1, -0.05) is 0 Å². The van der Waals surface area contributed by atoms with Gasteiger partial charge in [-0.15, -0.1) is 0 Å². The Morgan fingerprint density at radius 2 is 1.14 bits per heavy atom. The minimum absolute atomic E-state index is 0. The van der Waals surface area contributed by atoms with Crippen molar-refractivity contribution < 1.29 is 68.9 Å². The molecule has 0 aromatic rings. The summed E-state index contributed by atoms with van der Waals surface area (Å²) >= 11 is 0. The topological polar surface area (TPSA) is 80.3 Å². The molecule has 0 rings (SSSR count). The van der Waals surface area contributed by atoms with Gasteiger partial charge in [0, 0.05) is 10.4 Å². The van der Waals surface area contributed by atoms with Crippen LogP contribution < -0.4 is 51.4 Å². The van der Waals surface area contributed by atoms with Crippen LogP contribution in [0.3, 0.4) is 0 Å². The molecule has 7 heteroatoms. The number of hydrogen-bond donors (Lipinski definition) is 0. The maximum absolute atomic E-state index is 8.52. The van der Waals surface area contributed by atoms with Crippen molar-refractivity contribution in [2.75, 3.05) is 0 Å². The van der Waals surface area contributed by atoms with Crippen molar-refractivity contribution in [1.29, 1.82) is 0 Å². The summed E-state index contributed by atoms with van der Waals surface area (Å²) in [6.07, 6.45) is 0. The van der Waals surface area contributed by atoms with Crippen LogP contribution in [0.15, 0.2) is 0 Å². The van der Waals surface area contributed by atoms with E-state index in [-0.39, 0.29) is 68.7 Å². The van der Waals surface area contributed by atoms with Gasteiger partial charge in [0.25, 0.3) is 0 Å². The minimum Gasteiger partial charge on any atom is -0.759 e. The molecule has 0 aliphatic rings. The molecule has 0 unspecified atom stereocenters. The third-order valence-corrected chi connectivity index (χ3v) is 0. The molecule has 0 atom stereocenters. The van der Waals surface area contributed by atoms with Crippen LogP contribution in [0, 0.1) is 0 Å². The van der Waals surface area contributed by atoms with E-state index in [2.05, 4.69) is 0 Å². The largest absolute Gasteiger partial charge is 3.00 e. The molecule has 0 aromatic carbocycles. The predicted octanol–water partition coefficient (Wildman–Crippen LogP) is -4.71. The van der Waals surface area contributed by atoms with Gasteiger partial charge in [0.1, 0.15) is 0 Å².